The van der Waals surface area contributed by atoms with Crippen LogP contribution in [0.15, 0.2) is 42.5 Å². The predicted molar refractivity (Wildman–Crippen MR) is 118 cm³/mol. The smallest absolute Gasteiger partial charge is 0.416 e. The van der Waals surface area contributed by atoms with Crippen LogP contribution in [0.25, 0.3) is 0 Å². The van der Waals surface area contributed by atoms with Crippen molar-refractivity contribution in [1.82, 2.24) is 0 Å². The summed E-state index contributed by atoms with van der Waals surface area (Å²) in [6.07, 6.45) is -4.60. The van der Waals surface area contributed by atoms with Crippen molar-refractivity contribution < 1.29 is 32.3 Å². The van der Waals surface area contributed by atoms with Gasteiger partial charge in [0.05, 0.1) is 22.0 Å². The van der Waals surface area contributed by atoms with Crippen molar-refractivity contribution in [2.45, 2.75) is 25.3 Å². The second-order valence-electron chi connectivity index (χ2n) is 6.72. The van der Waals surface area contributed by atoms with Crippen LogP contribution in [0.5, 0.6) is 0 Å². The van der Waals surface area contributed by atoms with Gasteiger partial charge in [-0.2, -0.15) is 13.2 Å². The van der Waals surface area contributed by atoms with Crippen LogP contribution in [0.2, 0.25) is 5.02 Å². The lowest BCUT2D eigenvalue weighted by atomic mass is 10.2. The van der Waals surface area contributed by atoms with Crippen LogP contribution < -0.4 is 10.6 Å². The molecule has 2 rings (SSSR count). The number of carbonyl (C=O) groups is 3. The van der Waals surface area contributed by atoms with Crippen molar-refractivity contribution in [2.24, 2.45) is 0 Å². The number of carbonyl (C=O) groups excluding carboxylic acids is 3. The number of ether oxygens (including phenoxy) is 1. The normalized spacial score (nSPS) is 12.1. The number of amides is 2. The van der Waals surface area contributed by atoms with Gasteiger partial charge >= 0.3 is 12.1 Å². The molecule has 11 heteroatoms. The number of alkyl halides is 3. The molecule has 6 nitrogen and oxygen atoms in total. The van der Waals surface area contributed by atoms with Crippen molar-refractivity contribution in [3.8, 4) is 0 Å². The minimum absolute atomic E-state index is 0.0177. The van der Waals surface area contributed by atoms with Gasteiger partial charge in [0.25, 0.3) is 5.91 Å². The molecule has 2 amide bonds. The molecule has 0 bridgehead atoms. The third kappa shape index (κ3) is 8.08. The molecule has 32 heavy (non-hydrogen) atoms. The molecule has 1 atom stereocenters. The van der Waals surface area contributed by atoms with E-state index in [1.165, 1.54) is 6.92 Å². The predicted octanol–water partition coefficient (Wildman–Crippen LogP) is 4.91. The van der Waals surface area contributed by atoms with Crippen LogP contribution in [-0.4, -0.2) is 35.4 Å². The van der Waals surface area contributed by atoms with Crippen molar-refractivity contribution in [3.05, 3.63) is 58.6 Å². The number of aryl methyl sites for hydroxylation is 1. The molecule has 2 N–H and O–H groups in total. The summed E-state index contributed by atoms with van der Waals surface area (Å²) >= 11 is 6.82. The van der Waals surface area contributed by atoms with E-state index < -0.39 is 35.5 Å². The average Bonchev–Trinajstić information content (AvgIpc) is 2.72. The van der Waals surface area contributed by atoms with Crippen LogP contribution in [0.4, 0.5) is 24.5 Å². The Morgan fingerprint density at radius 3 is 2.34 bits per heavy atom. The summed E-state index contributed by atoms with van der Waals surface area (Å²) in [5.41, 5.74) is 0.440. The summed E-state index contributed by atoms with van der Waals surface area (Å²) in [5, 5.41) is 4.03. The van der Waals surface area contributed by atoms with E-state index in [-0.39, 0.29) is 22.4 Å². The van der Waals surface area contributed by atoms with Crippen LogP contribution in [0, 0.1) is 6.92 Å². The largest absolute Gasteiger partial charge is 0.455 e. The zero-order valence-corrected chi connectivity index (χ0v) is 18.7. The SMILES string of the molecule is Cc1ccc(NC(=O)CS[C@H](C)C(=O)OCC(=O)Nc2cc(C(F)(F)F)ccc2Cl)cc1. The van der Waals surface area contributed by atoms with Gasteiger partial charge in [-0.25, -0.2) is 0 Å². The lowest BCUT2D eigenvalue weighted by Gasteiger charge is -2.13. The summed E-state index contributed by atoms with van der Waals surface area (Å²) in [7, 11) is 0. The number of nitrogens with one attached hydrogen (secondary N) is 2. The van der Waals surface area contributed by atoms with E-state index in [1.54, 1.807) is 12.1 Å². The van der Waals surface area contributed by atoms with Gasteiger partial charge in [0.1, 0.15) is 5.25 Å². The fraction of sp³-hybridized carbons (Fsp3) is 0.286. The standard InChI is InChI=1S/C21H20ClF3N2O4S/c1-12-3-6-15(7-4-12)26-19(29)11-32-13(2)20(30)31-10-18(28)27-17-9-14(21(23,24)25)5-8-16(17)22/h3-9,13H,10-11H2,1-2H3,(H,26,29)(H,27,28)/t13-/m1/s1. The van der Waals surface area contributed by atoms with E-state index in [2.05, 4.69) is 10.6 Å². The molecule has 0 aliphatic rings. The lowest BCUT2D eigenvalue weighted by molar-refractivity contribution is -0.146. The Bertz CT molecular complexity index is 984. The van der Waals surface area contributed by atoms with E-state index in [0.717, 1.165) is 29.5 Å². The summed E-state index contributed by atoms with van der Waals surface area (Å²) in [6.45, 7) is 2.71. The minimum atomic E-state index is -4.60. The molecule has 0 aliphatic carbocycles. The van der Waals surface area contributed by atoms with Gasteiger partial charge < -0.3 is 15.4 Å². The third-order valence-electron chi connectivity index (χ3n) is 4.04. The third-order valence-corrected chi connectivity index (χ3v) is 5.50. The maximum absolute atomic E-state index is 12.8. The minimum Gasteiger partial charge on any atom is -0.455 e. The molecule has 0 heterocycles. The summed E-state index contributed by atoms with van der Waals surface area (Å²) in [6, 6.07) is 9.68. The van der Waals surface area contributed by atoms with Crippen molar-refractivity contribution in [2.75, 3.05) is 23.0 Å². The maximum atomic E-state index is 12.8. The van der Waals surface area contributed by atoms with Crippen molar-refractivity contribution in [1.29, 1.82) is 0 Å². The summed E-state index contributed by atoms with van der Waals surface area (Å²) in [4.78, 5) is 36.0. The maximum Gasteiger partial charge on any atom is 0.416 e. The molecular weight excluding hydrogens is 469 g/mol. The molecule has 0 aromatic heterocycles. The van der Waals surface area contributed by atoms with Gasteiger partial charge in [0, 0.05) is 5.69 Å². The Labute approximate surface area is 191 Å². The second-order valence-corrected chi connectivity index (χ2v) is 8.45. The van der Waals surface area contributed by atoms with Crippen LogP contribution >= 0.6 is 23.4 Å². The highest BCUT2D eigenvalue weighted by atomic mass is 35.5. The van der Waals surface area contributed by atoms with E-state index in [9.17, 15) is 27.6 Å². The quantitative estimate of drug-likeness (QED) is 0.516. The molecule has 2 aromatic rings. The van der Waals surface area contributed by atoms with Gasteiger partial charge in [0.15, 0.2) is 6.61 Å². The first-order valence-corrected chi connectivity index (χ1v) is 10.7. The van der Waals surface area contributed by atoms with Gasteiger partial charge in [-0.3, -0.25) is 14.4 Å². The molecule has 0 unspecified atom stereocenters. The number of hydrogen-bond donors (Lipinski definition) is 2. The van der Waals surface area contributed by atoms with Crippen molar-refractivity contribution >= 4 is 52.5 Å². The number of rotatable bonds is 8. The first kappa shape index (κ1) is 25.5. The molecule has 0 radical (unpaired) electrons. The first-order chi connectivity index (χ1) is 15.0. The Morgan fingerprint density at radius 1 is 1.06 bits per heavy atom. The van der Waals surface area contributed by atoms with Gasteiger partial charge in [-0.15, -0.1) is 11.8 Å². The topological polar surface area (TPSA) is 84.5 Å². The van der Waals surface area contributed by atoms with E-state index >= 15 is 0 Å². The number of anilines is 2. The molecule has 2 aromatic carbocycles. The Balaban J connectivity index is 1.78. The fourth-order valence-corrected chi connectivity index (χ4v) is 3.18. The van der Waals surface area contributed by atoms with Gasteiger partial charge in [-0.1, -0.05) is 29.3 Å². The number of hydrogen-bond acceptors (Lipinski definition) is 5. The average molecular weight is 489 g/mol. The Hall–Kier alpha value is -2.72. The Kier molecular flexibility index (Phi) is 8.97. The summed E-state index contributed by atoms with van der Waals surface area (Å²) in [5.74, 6) is -1.93. The van der Waals surface area contributed by atoms with Crippen LogP contribution in [-0.2, 0) is 25.3 Å². The molecule has 0 saturated carbocycles. The van der Waals surface area contributed by atoms with E-state index in [1.807, 2.05) is 19.1 Å². The highest BCUT2D eigenvalue weighted by Crippen LogP contribution is 2.33. The van der Waals surface area contributed by atoms with Crippen LogP contribution in [0.3, 0.4) is 0 Å². The highest BCUT2D eigenvalue weighted by molar-refractivity contribution is 8.01. The van der Waals surface area contributed by atoms with Crippen molar-refractivity contribution in [3.63, 3.8) is 0 Å². The Morgan fingerprint density at radius 2 is 1.72 bits per heavy atom. The lowest BCUT2D eigenvalue weighted by Crippen LogP contribution is -2.26. The van der Waals surface area contributed by atoms with E-state index in [0.29, 0.717) is 11.8 Å². The molecule has 0 fully saturated rings. The van der Waals surface area contributed by atoms with Crippen LogP contribution in [0.1, 0.15) is 18.1 Å². The zero-order chi connectivity index (χ0) is 23.9. The number of benzene rings is 2. The zero-order valence-electron chi connectivity index (χ0n) is 17.1. The summed E-state index contributed by atoms with van der Waals surface area (Å²) < 4.78 is 43.2. The molecular formula is C21H20ClF3N2O4S. The molecule has 0 aliphatic heterocycles. The number of thioether (sulfide) groups is 1. The number of halogens is 4. The van der Waals surface area contributed by atoms with Gasteiger partial charge in [0.2, 0.25) is 5.91 Å². The fourth-order valence-electron chi connectivity index (χ4n) is 2.34. The molecule has 0 spiro atoms. The van der Waals surface area contributed by atoms with Gasteiger partial charge in [-0.05, 0) is 44.2 Å². The first-order valence-electron chi connectivity index (χ1n) is 9.27. The second kappa shape index (κ2) is 11.2. The molecule has 0 saturated heterocycles. The number of esters is 1. The monoisotopic (exact) mass is 488 g/mol. The van der Waals surface area contributed by atoms with E-state index in [4.69, 9.17) is 16.3 Å². The highest BCUT2D eigenvalue weighted by Gasteiger charge is 2.31. The molecule has 172 valence electrons.